The van der Waals surface area contributed by atoms with E-state index in [-0.39, 0.29) is 0 Å². The summed E-state index contributed by atoms with van der Waals surface area (Å²) in [6.45, 7) is 0.351. The van der Waals surface area contributed by atoms with Crippen molar-refractivity contribution in [2.45, 2.75) is 25.1 Å². The third kappa shape index (κ3) is 1.34. The zero-order valence-electron chi connectivity index (χ0n) is 6.13. The molecule has 1 aromatic rings. The second-order valence-corrected chi connectivity index (χ2v) is 3.12. The Hall–Kier alpha value is -1.06. The van der Waals surface area contributed by atoms with Gasteiger partial charge in [-0.1, -0.05) is 0 Å². The highest BCUT2D eigenvalue weighted by Crippen LogP contribution is 2.40. The zero-order chi connectivity index (χ0) is 7.90. The lowest BCUT2D eigenvalue weighted by molar-refractivity contribution is 0.261. The molecule has 3 nitrogen and oxygen atoms in total. The van der Waals surface area contributed by atoms with E-state index in [2.05, 4.69) is 5.10 Å². The molecule has 0 aromatic carbocycles. The predicted octanol–water partition coefficient (Wildman–Crippen LogP) is 0.967. The smallest absolute Gasteiger partial charge is 0.130 e. The van der Waals surface area contributed by atoms with Crippen molar-refractivity contribution in [2.75, 3.05) is 5.73 Å². The van der Waals surface area contributed by atoms with E-state index in [0.29, 0.717) is 25.1 Å². The molecule has 0 atom stereocenters. The van der Waals surface area contributed by atoms with Gasteiger partial charge in [0.2, 0.25) is 0 Å². The second-order valence-electron chi connectivity index (χ2n) is 3.12. The molecule has 2 rings (SSSR count). The molecule has 2 N–H and O–H groups in total. The Morgan fingerprint density at radius 2 is 2.45 bits per heavy atom. The highest BCUT2D eigenvalue weighted by molar-refractivity contribution is 5.30. The summed E-state index contributed by atoms with van der Waals surface area (Å²) in [5, 5.41) is 3.89. The quantitative estimate of drug-likeness (QED) is 0.691. The van der Waals surface area contributed by atoms with Gasteiger partial charge in [0.15, 0.2) is 0 Å². The van der Waals surface area contributed by atoms with Crippen LogP contribution >= 0.6 is 0 Å². The standard InChI is InChI=1S/C7H10FN3/c8-7(1-2-7)5-11-4-6(9)3-10-11/h3-4H,1-2,5,9H2. The maximum Gasteiger partial charge on any atom is 0.130 e. The van der Waals surface area contributed by atoms with Gasteiger partial charge in [-0.15, -0.1) is 0 Å². The minimum absolute atomic E-state index is 0.351. The van der Waals surface area contributed by atoms with E-state index in [0.717, 1.165) is 0 Å². The first-order chi connectivity index (χ1) is 5.18. The molecule has 0 radical (unpaired) electrons. The van der Waals surface area contributed by atoms with E-state index >= 15 is 0 Å². The fourth-order valence-electron chi connectivity index (χ4n) is 1.05. The monoisotopic (exact) mass is 155 g/mol. The molecular formula is C7H10FN3. The highest BCUT2D eigenvalue weighted by atomic mass is 19.1. The first-order valence-electron chi connectivity index (χ1n) is 3.65. The predicted molar refractivity (Wildman–Crippen MR) is 39.7 cm³/mol. The van der Waals surface area contributed by atoms with Gasteiger partial charge in [-0.3, -0.25) is 4.68 Å². The van der Waals surface area contributed by atoms with Crippen molar-refractivity contribution in [1.82, 2.24) is 9.78 Å². The number of rotatable bonds is 2. The van der Waals surface area contributed by atoms with Crippen LogP contribution in [0.15, 0.2) is 12.4 Å². The number of nitrogens with zero attached hydrogens (tertiary/aromatic N) is 2. The summed E-state index contributed by atoms with van der Waals surface area (Å²) >= 11 is 0. The van der Waals surface area contributed by atoms with Crippen LogP contribution in [0.5, 0.6) is 0 Å². The second kappa shape index (κ2) is 1.96. The van der Waals surface area contributed by atoms with Crippen LogP contribution in [0.1, 0.15) is 12.8 Å². The Bertz CT molecular complexity index is 264. The zero-order valence-corrected chi connectivity index (χ0v) is 6.13. The van der Waals surface area contributed by atoms with Crippen molar-refractivity contribution in [3.05, 3.63) is 12.4 Å². The summed E-state index contributed by atoms with van der Waals surface area (Å²) in [6.07, 6.45) is 4.50. The van der Waals surface area contributed by atoms with Gasteiger partial charge in [-0.25, -0.2) is 4.39 Å². The topological polar surface area (TPSA) is 43.8 Å². The van der Waals surface area contributed by atoms with Crippen molar-refractivity contribution in [3.63, 3.8) is 0 Å². The molecule has 0 unspecified atom stereocenters. The molecule has 0 spiro atoms. The Morgan fingerprint density at radius 3 is 2.91 bits per heavy atom. The molecule has 4 heteroatoms. The number of nitrogens with two attached hydrogens (primary N) is 1. The van der Waals surface area contributed by atoms with Crippen LogP contribution in [0.4, 0.5) is 10.1 Å². The van der Waals surface area contributed by atoms with E-state index < -0.39 is 5.67 Å². The SMILES string of the molecule is Nc1cnn(CC2(F)CC2)c1. The normalized spacial score (nSPS) is 20.1. The van der Waals surface area contributed by atoms with Gasteiger partial charge in [0.05, 0.1) is 18.4 Å². The van der Waals surface area contributed by atoms with Crippen LogP contribution in [-0.4, -0.2) is 15.4 Å². The minimum atomic E-state index is -0.988. The summed E-state index contributed by atoms with van der Waals surface area (Å²) in [4.78, 5) is 0. The maximum absolute atomic E-state index is 13.1. The molecule has 0 saturated heterocycles. The van der Waals surface area contributed by atoms with Crippen LogP contribution in [0, 0.1) is 0 Å². The third-order valence-electron chi connectivity index (χ3n) is 1.89. The average molecular weight is 155 g/mol. The van der Waals surface area contributed by atoms with E-state index in [4.69, 9.17) is 5.73 Å². The molecule has 0 amide bonds. The summed E-state index contributed by atoms with van der Waals surface area (Å²) < 4.78 is 14.7. The fourth-order valence-corrected chi connectivity index (χ4v) is 1.05. The summed E-state index contributed by atoms with van der Waals surface area (Å²) in [5.74, 6) is 0. The van der Waals surface area contributed by atoms with E-state index in [1.807, 2.05) is 0 Å². The van der Waals surface area contributed by atoms with Crippen LogP contribution in [0.25, 0.3) is 0 Å². The minimum Gasteiger partial charge on any atom is -0.396 e. The largest absolute Gasteiger partial charge is 0.396 e. The van der Waals surface area contributed by atoms with Gasteiger partial charge in [-0.2, -0.15) is 5.10 Å². The molecule has 1 aromatic heterocycles. The molecule has 0 bridgehead atoms. The number of aromatic nitrogens is 2. The van der Waals surface area contributed by atoms with Crippen LogP contribution in [-0.2, 0) is 6.54 Å². The van der Waals surface area contributed by atoms with Crippen LogP contribution in [0.3, 0.4) is 0 Å². The van der Waals surface area contributed by atoms with Crippen molar-refractivity contribution < 1.29 is 4.39 Å². The van der Waals surface area contributed by atoms with Crippen molar-refractivity contribution in [2.24, 2.45) is 0 Å². The van der Waals surface area contributed by atoms with Gasteiger partial charge < -0.3 is 5.73 Å². The van der Waals surface area contributed by atoms with Gasteiger partial charge >= 0.3 is 0 Å². The Balaban J connectivity index is 2.06. The van der Waals surface area contributed by atoms with E-state index in [1.165, 1.54) is 6.20 Å². The number of halogens is 1. The lowest BCUT2D eigenvalue weighted by Crippen LogP contribution is -2.12. The Morgan fingerprint density at radius 1 is 1.73 bits per heavy atom. The molecular weight excluding hydrogens is 145 g/mol. The number of alkyl halides is 1. The molecule has 1 aliphatic rings. The van der Waals surface area contributed by atoms with Gasteiger partial charge in [-0.05, 0) is 12.8 Å². The molecule has 60 valence electrons. The van der Waals surface area contributed by atoms with Gasteiger partial charge in [0.25, 0.3) is 0 Å². The summed E-state index contributed by atoms with van der Waals surface area (Å²) in [5.41, 5.74) is 5.02. The number of hydrogen-bond acceptors (Lipinski definition) is 2. The highest BCUT2D eigenvalue weighted by Gasteiger charge is 2.43. The van der Waals surface area contributed by atoms with Crippen LogP contribution < -0.4 is 5.73 Å². The number of hydrogen-bond donors (Lipinski definition) is 1. The lowest BCUT2D eigenvalue weighted by atomic mass is 10.4. The van der Waals surface area contributed by atoms with Gasteiger partial charge in [0.1, 0.15) is 5.67 Å². The summed E-state index contributed by atoms with van der Waals surface area (Å²) in [7, 11) is 0. The Kier molecular flexibility index (Phi) is 1.19. The summed E-state index contributed by atoms with van der Waals surface area (Å²) in [6, 6.07) is 0. The molecule has 1 fully saturated rings. The molecule has 1 aliphatic carbocycles. The molecule has 1 heterocycles. The maximum atomic E-state index is 13.1. The van der Waals surface area contributed by atoms with E-state index in [1.54, 1.807) is 10.9 Å². The average Bonchev–Trinajstić information content (AvgIpc) is 2.49. The molecule has 1 saturated carbocycles. The molecule has 0 aliphatic heterocycles. The number of nitrogen functional groups attached to an aromatic ring is 1. The van der Waals surface area contributed by atoms with Crippen molar-refractivity contribution >= 4 is 5.69 Å². The molecule has 11 heavy (non-hydrogen) atoms. The van der Waals surface area contributed by atoms with Crippen molar-refractivity contribution in [3.8, 4) is 0 Å². The third-order valence-corrected chi connectivity index (χ3v) is 1.89. The first-order valence-corrected chi connectivity index (χ1v) is 3.65. The number of anilines is 1. The lowest BCUT2D eigenvalue weighted by Gasteiger charge is -2.03. The Labute approximate surface area is 64.0 Å². The van der Waals surface area contributed by atoms with Crippen LogP contribution in [0.2, 0.25) is 0 Å². The van der Waals surface area contributed by atoms with E-state index in [9.17, 15) is 4.39 Å². The van der Waals surface area contributed by atoms with Gasteiger partial charge in [0, 0.05) is 6.20 Å². The first kappa shape index (κ1) is 6.64. The fraction of sp³-hybridized carbons (Fsp3) is 0.571. The van der Waals surface area contributed by atoms with Crippen molar-refractivity contribution in [1.29, 1.82) is 0 Å².